The molecule has 1 spiro atoms. The first-order chi connectivity index (χ1) is 18.7. The maximum atomic E-state index is 11.5. The van der Waals surface area contributed by atoms with Gasteiger partial charge in [0, 0.05) is 12.1 Å². The van der Waals surface area contributed by atoms with Crippen LogP contribution in [0.2, 0.25) is 0 Å². The maximum absolute atomic E-state index is 11.5. The molecule has 41 heavy (non-hydrogen) atoms. The van der Waals surface area contributed by atoms with Gasteiger partial charge in [-0.2, -0.15) is 12.8 Å². The van der Waals surface area contributed by atoms with Crippen molar-refractivity contribution in [3.8, 4) is 0 Å². The van der Waals surface area contributed by atoms with E-state index in [2.05, 4.69) is 45.5 Å². The second-order valence-electron chi connectivity index (χ2n) is 10.7. The van der Waals surface area contributed by atoms with Crippen LogP contribution in [0.25, 0.3) is 22.5 Å². The molecule has 3 heterocycles. The largest absolute Gasteiger partial charge is 2.00 e. The molecule has 2 saturated heterocycles. The Labute approximate surface area is 263 Å². The van der Waals surface area contributed by atoms with Crippen LogP contribution in [0, 0.1) is 11.3 Å². The number of methoxy groups -OCH3 is 2. The number of benzene rings is 1. The van der Waals surface area contributed by atoms with Gasteiger partial charge in [-0.15, -0.1) is 0 Å². The Morgan fingerprint density at radius 2 is 1.76 bits per heavy atom. The third kappa shape index (κ3) is 8.22. The standard InChI is InChI=1S/C23H26N4O2.2C2H5NO2.2V/c28-13-26-12-23(7-8-23)11-18(26)4-1-15-2-6-19-20(9-15)25-22(24-19)21-16-3-5-17(10-16)27(21)14-29;2*1-5-2(3)4;;/h2,6,9,16-18,21H,1,3-5,7-8,10-12H2,(H,24,25);2*1H3,(H2,3,4);;/q-2;;;2*+2/p-2/t16?,17?,18?,21-;;;;/m0..../s1. The van der Waals surface area contributed by atoms with Gasteiger partial charge in [0.2, 0.25) is 12.2 Å². The molecule has 6 rings (SSSR count). The molecule has 14 heteroatoms. The van der Waals surface area contributed by atoms with Crippen LogP contribution in [0.15, 0.2) is 18.2 Å². The van der Waals surface area contributed by atoms with Crippen molar-refractivity contribution in [2.45, 2.75) is 69.5 Å². The molecule has 2 aliphatic carbocycles. The summed E-state index contributed by atoms with van der Waals surface area (Å²) in [5.41, 5.74) is 15.6. The number of nitrogens with zero attached hydrogens (tertiary/aromatic N) is 3. The minimum Gasteiger partial charge on any atom is -0.632 e. The molecule has 4 aliphatic rings. The van der Waals surface area contributed by atoms with E-state index in [1.165, 1.54) is 24.8 Å². The van der Waals surface area contributed by atoms with Crippen LogP contribution < -0.4 is 0 Å². The topological polar surface area (TPSA) is 169 Å². The Morgan fingerprint density at radius 3 is 2.32 bits per heavy atom. The number of H-pyrrole nitrogens is 1. The third-order valence-corrected chi connectivity index (χ3v) is 8.36. The fourth-order valence-electron chi connectivity index (χ4n) is 6.25. The summed E-state index contributed by atoms with van der Waals surface area (Å²) in [5, 5.41) is 0. The van der Waals surface area contributed by atoms with E-state index >= 15 is 0 Å². The SMILES string of the molecule is COC([NH-])=O.COC([NH-])=O.O=[C-]N1CC2(CC2)CC1CCc1ccc2nc([C@@H]3C4CCC(C4)N3[C-]=O)[nH]c2c1.[V+2].[V+2]. The Bertz CT molecular complexity index is 1190. The number of carbonyl (C=O) groups is 2. The Kier molecular flexibility index (Phi) is 12.6. The predicted molar refractivity (Wildman–Crippen MR) is 142 cm³/mol. The van der Waals surface area contributed by atoms with Crippen LogP contribution in [0.4, 0.5) is 9.59 Å². The molecule has 4 atom stereocenters. The molecule has 1 aromatic carbocycles. The van der Waals surface area contributed by atoms with Crippen molar-refractivity contribution >= 4 is 36.0 Å². The van der Waals surface area contributed by atoms with E-state index in [1.807, 2.05) is 9.80 Å². The van der Waals surface area contributed by atoms with Crippen molar-refractivity contribution < 1.29 is 65.8 Å². The van der Waals surface area contributed by atoms with Crippen LogP contribution >= 0.6 is 0 Å². The second kappa shape index (κ2) is 15.0. The Balaban J connectivity index is 0.000000428. The molecule has 2 saturated carbocycles. The summed E-state index contributed by atoms with van der Waals surface area (Å²) in [6, 6.07) is 7.12. The summed E-state index contributed by atoms with van der Waals surface area (Å²) in [6.07, 6.45) is 11.3. The summed E-state index contributed by atoms with van der Waals surface area (Å²) in [7, 11) is 2.32. The van der Waals surface area contributed by atoms with Crippen molar-refractivity contribution in [2.24, 2.45) is 11.3 Å². The van der Waals surface area contributed by atoms with Gasteiger partial charge in [0.25, 0.3) is 0 Å². The van der Waals surface area contributed by atoms with Gasteiger partial charge in [-0.05, 0) is 86.9 Å². The zero-order chi connectivity index (χ0) is 28.2. The number of carbonyl (C=O) groups excluding carboxylic acids is 4. The molecule has 2 bridgehead atoms. The van der Waals surface area contributed by atoms with Gasteiger partial charge in [-0.3, -0.25) is 9.59 Å². The first-order valence-electron chi connectivity index (χ1n) is 13.1. The van der Waals surface area contributed by atoms with E-state index < -0.39 is 12.2 Å². The number of likely N-dealkylation sites (tertiary alicyclic amines) is 2. The van der Waals surface area contributed by atoms with Crippen molar-refractivity contribution in [3.05, 3.63) is 41.1 Å². The minimum atomic E-state index is -0.995. The molecule has 2 aliphatic heterocycles. The molecule has 4 amide bonds. The van der Waals surface area contributed by atoms with Gasteiger partial charge in [0.1, 0.15) is 5.82 Å². The van der Waals surface area contributed by atoms with Gasteiger partial charge in [-0.1, -0.05) is 6.07 Å². The molecule has 2 aromatic rings. The number of rotatable bonds is 6. The van der Waals surface area contributed by atoms with Gasteiger partial charge < -0.3 is 45.3 Å². The number of fused-ring (bicyclic) bond motifs is 3. The van der Waals surface area contributed by atoms with E-state index in [4.69, 9.17) is 16.5 Å². The minimum absolute atomic E-state index is 0. The molecule has 1 aromatic heterocycles. The number of hydrogen-bond donors (Lipinski definition) is 1. The molecule has 4 fully saturated rings. The van der Waals surface area contributed by atoms with Crippen molar-refractivity contribution in [3.63, 3.8) is 0 Å². The average Bonchev–Trinajstić information content (AvgIpc) is 3.32. The summed E-state index contributed by atoms with van der Waals surface area (Å²) in [4.78, 5) is 53.4. The number of aromatic amines is 1. The van der Waals surface area contributed by atoms with Crippen LogP contribution in [-0.4, -0.2) is 77.6 Å². The van der Waals surface area contributed by atoms with Crippen molar-refractivity contribution in [1.29, 1.82) is 0 Å². The Morgan fingerprint density at radius 1 is 1.10 bits per heavy atom. The molecule has 2 radical (unpaired) electrons. The number of ether oxygens (including phenoxy) is 2. The van der Waals surface area contributed by atoms with Crippen molar-refractivity contribution in [2.75, 3.05) is 20.8 Å². The number of hydrogen-bond acceptors (Lipinski definition) is 7. The van der Waals surface area contributed by atoms with E-state index in [0.717, 1.165) is 69.7 Å². The van der Waals surface area contributed by atoms with Crippen LogP contribution in [-0.2, 0) is 62.6 Å². The number of imidazole rings is 1. The zero-order valence-corrected chi connectivity index (χ0v) is 25.9. The Hall–Kier alpha value is -2.66. The van der Waals surface area contributed by atoms with E-state index in [-0.39, 0.29) is 43.2 Å². The average molecular weight is 640 g/mol. The van der Waals surface area contributed by atoms with Gasteiger partial charge >= 0.3 is 37.1 Å². The van der Waals surface area contributed by atoms with Gasteiger partial charge in [-0.25, -0.2) is 4.98 Å². The quantitative estimate of drug-likeness (QED) is 0.450. The fourth-order valence-corrected chi connectivity index (χ4v) is 6.25. The second-order valence-corrected chi connectivity index (χ2v) is 10.7. The first kappa shape index (κ1) is 34.5. The maximum Gasteiger partial charge on any atom is 2.00 e. The summed E-state index contributed by atoms with van der Waals surface area (Å²) in [6.45, 7) is 0.901. The molecule has 218 valence electrons. The predicted octanol–water partition coefficient (Wildman–Crippen LogP) is 4.61. The number of piperidine rings is 1. The molecule has 12 nitrogen and oxygen atoms in total. The van der Waals surface area contributed by atoms with Crippen LogP contribution in [0.1, 0.15) is 62.4 Å². The number of nitrogens with one attached hydrogen (secondary N) is 3. The molecule has 3 unspecified atom stereocenters. The van der Waals surface area contributed by atoms with Crippen LogP contribution in [0.5, 0.6) is 0 Å². The van der Waals surface area contributed by atoms with Crippen molar-refractivity contribution in [1.82, 2.24) is 19.8 Å². The first-order valence-corrected chi connectivity index (χ1v) is 13.1. The van der Waals surface area contributed by atoms with E-state index in [0.29, 0.717) is 23.4 Å². The normalized spacial score (nSPS) is 24.1. The fraction of sp³-hybridized carbons (Fsp3) is 0.593. The van der Waals surface area contributed by atoms with E-state index in [9.17, 15) is 19.2 Å². The zero-order valence-electron chi connectivity index (χ0n) is 23.1. The van der Waals surface area contributed by atoms with Crippen LogP contribution in [0.3, 0.4) is 0 Å². The van der Waals surface area contributed by atoms with Gasteiger partial charge in [0.15, 0.2) is 0 Å². The summed E-state index contributed by atoms with van der Waals surface area (Å²) >= 11 is 0. The summed E-state index contributed by atoms with van der Waals surface area (Å²) in [5.74, 6) is 1.41. The third-order valence-electron chi connectivity index (χ3n) is 8.36. The van der Waals surface area contributed by atoms with Gasteiger partial charge in [0.05, 0.1) is 31.3 Å². The molecule has 3 N–H and O–H groups in total. The summed E-state index contributed by atoms with van der Waals surface area (Å²) < 4.78 is 7.56. The number of aryl methyl sites for hydroxylation is 1. The number of amides is 4. The monoisotopic (exact) mass is 640 g/mol. The molecular weight excluding hydrogens is 606 g/mol. The van der Waals surface area contributed by atoms with E-state index in [1.54, 1.807) is 0 Å². The smallest absolute Gasteiger partial charge is 0.632 e. The number of aromatic nitrogens is 2. The molecular formula is C27H34N6O6V2.